The highest BCUT2D eigenvalue weighted by Gasteiger charge is 2.39. The first-order valence-corrected chi connectivity index (χ1v) is 15.0. The maximum absolute atomic E-state index is 15.1. The predicted octanol–water partition coefficient (Wildman–Crippen LogP) is 2.50. The van der Waals surface area contributed by atoms with E-state index in [1.54, 1.807) is 5.01 Å². The van der Waals surface area contributed by atoms with Crippen molar-refractivity contribution in [2.75, 3.05) is 64.3 Å². The van der Waals surface area contributed by atoms with E-state index in [1.807, 2.05) is 7.05 Å². The summed E-state index contributed by atoms with van der Waals surface area (Å²) in [4.78, 5) is 22.6. The zero-order chi connectivity index (χ0) is 30.8. The largest absolute Gasteiger partial charge is 0.495 e. The Morgan fingerprint density at radius 1 is 1.17 bits per heavy atom. The topological polar surface area (TPSA) is 132 Å². The number of aromatic nitrogens is 2. The Labute approximate surface area is 241 Å². The van der Waals surface area contributed by atoms with E-state index in [9.17, 15) is 26.4 Å². The van der Waals surface area contributed by atoms with Crippen molar-refractivity contribution in [3.63, 3.8) is 0 Å². The number of rotatable bonds is 9. The van der Waals surface area contributed by atoms with Crippen LogP contribution in [0.5, 0.6) is 5.75 Å². The molecule has 2 aromatic rings. The summed E-state index contributed by atoms with van der Waals surface area (Å²) in [5.41, 5.74) is 1.22. The Morgan fingerprint density at radius 3 is 2.48 bits per heavy atom. The van der Waals surface area contributed by atoms with Crippen LogP contribution in [0.4, 0.5) is 35.0 Å². The summed E-state index contributed by atoms with van der Waals surface area (Å²) < 4.78 is 87.2. The molecule has 0 radical (unpaired) electrons. The number of amides is 1. The first kappa shape index (κ1) is 31.7. The lowest BCUT2D eigenvalue weighted by atomic mass is 10.1. The van der Waals surface area contributed by atoms with Gasteiger partial charge in [-0.05, 0) is 32.4 Å². The van der Waals surface area contributed by atoms with Crippen LogP contribution < -0.4 is 20.8 Å². The van der Waals surface area contributed by atoms with E-state index < -0.39 is 51.4 Å². The van der Waals surface area contributed by atoms with Gasteiger partial charge in [0.1, 0.15) is 22.9 Å². The molecule has 1 aromatic heterocycles. The molecule has 3 N–H and O–H groups in total. The molecule has 2 aliphatic rings. The minimum atomic E-state index is -4.81. The van der Waals surface area contributed by atoms with Crippen molar-refractivity contribution < 1.29 is 35.5 Å². The fraction of sp³-hybridized carbons (Fsp3) is 0.560. The normalized spacial score (nSPS) is 20.5. The number of nitrogens with zero attached hydrogens (tertiary/aromatic N) is 5. The van der Waals surface area contributed by atoms with E-state index in [1.165, 1.54) is 20.2 Å². The standard InChI is InChI=1S/C25H34F4N8O4S/c1-35-8-10-37(11-9-35)34-23(38)15-12-21(41-3)19(13-17(15)26)32-24-30-14-16(25(27,28)29)22(33-24)31-18-6-5-7-20(18)36(2)42(4,39)40/h12-14,18,20H,5-11H2,1-4H3,(H,34,38)(H2,30,31,32,33)/t18-,20-/m1/s1. The van der Waals surface area contributed by atoms with E-state index in [0.29, 0.717) is 38.5 Å². The molecule has 1 aromatic carbocycles. The van der Waals surface area contributed by atoms with Crippen LogP contribution in [0.2, 0.25) is 0 Å². The van der Waals surface area contributed by atoms with E-state index in [0.717, 1.165) is 29.7 Å². The third kappa shape index (κ3) is 7.37. The van der Waals surface area contributed by atoms with Crippen LogP contribution in [0.15, 0.2) is 18.3 Å². The molecule has 0 spiro atoms. The number of anilines is 3. The number of carbonyl (C=O) groups is 1. The molecule has 0 bridgehead atoms. The molecule has 2 fully saturated rings. The fourth-order valence-corrected chi connectivity index (χ4v) is 5.71. The van der Waals surface area contributed by atoms with Gasteiger partial charge in [-0.25, -0.2) is 27.1 Å². The minimum absolute atomic E-state index is 0.0209. The number of nitrogens with one attached hydrogen (secondary N) is 3. The van der Waals surface area contributed by atoms with Crippen LogP contribution in [-0.4, -0.2) is 104 Å². The number of hydrogen-bond acceptors (Lipinski definition) is 10. The summed E-state index contributed by atoms with van der Waals surface area (Å²) in [6.45, 7) is 2.59. The van der Waals surface area contributed by atoms with Crippen molar-refractivity contribution in [2.45, 2.75) is 37.5 Å². The van der Waals surface area contributed by atoms with Gasteiger partial charge in [0.25, 0.3) is 5.91 Å². The fourth-order valence-electron chi connectivity index (χ4n) is 4.96. The SMILES string of the molecule is COc1cc(C(=O)NN2CCN(C)CC2)c(F)cc1Nc1ncc(C(F)(F)F)c(N[C@@H]2CCC[C@H]2N(C)S(C)(=O)=O)n1. The summed E-state index contributed by atoms with van der Waals surface area (Å²) in [5.74, 6) is -2.40. The maximum atomic E-state index is 15.1. The number of methoxy groups -OCH3 is 1. The van der Waals surface area contributed by atoms with Gasteiger partial charge in [0.15, 0.2) is 0 Å². The Kier molecular flexibility index (Phi) is 9.44. The molecular formula is C25H34F4N8O4S. The van der Waals surface area contributed by atoms with Crippen molar-refractivity contribution in [1.29, 1.82) is 0 Å². The predicted molar refractivity (Wildman–Crippen MR) is 147 cm³/mol. The van der Waals surface area contributed by atoms with Gasteiger partial charge < -0.3 is 20.3 Å². The number of piperazine rings is 1. The summed E-state index contributed by atoms with van der Waals surface area (Å²) >= 11 is 0. The smallest absolute Gasteiger partial charge is 0.421 e. The molecule has 1 aliphatic heterocycles. The summed E-state index contributed by atoms with van der Waals surface area (Å²) in [6, 6.07) is 0.931. The summed E-state index contributed by atoms with van der Waals surface area (Å²) in [5, 5.41) is 7.13. The number of ether oxygens (including phenoxy) is 1. The van der Waals surface area contributed by atoms with Crippen LogP contribution >= 0.6 is 0 Å². The van der Waals surface area contributed by atoms with E-state index >= 15 is 4.39 Å². The van der Waals surface area contributed by atoms with Gasteiger partial charge in [0.05, 0.1) is 24.6 Å². The first-order valence-electron chi connectivity index (χ1n) is 13.2. The van der Waals surface area contributed by atoms with Crippen LogP contribution in [0.1, 0.15) is 35.2 Å². The van der Waals surface area contributed by atoms with E-state index in [2.05, 4.69) is 30.9 Å². The Bertz CT molecular complexity index is 1400. The highest BCUT2D eigenvalue weighted by Crippen LogP contribution is 2.37. The average Bonchev–Trinajstić information content (AvgIpc) is 3.36. The molecule has 4 rings (SSSR count). The lowest BCUT2D eigenvalue weighted by Gasteiger charge is -2.32. The minimum Gasteiger partial charge on any atom is -0.495 e. The van der Waals surface area contributed by atoms with Gasteiger partial charge in [-0.15, -0.1) is 0 Å². The number of hydrazine groups is 1. The van der Waals surface area contributed by atoms with Crippen molar-refractivity contribution in [2.24, 2.45) is 0 Å². The lowest BCUT2D eigenvalue weighted by molar-refractivity contribution is -0.137. The molecule has 1 aliphatic carbocycles. The molecule has 1 saturated heterocycles. The number of hydrogen-bond donors (Lipinski definition) is 3. The average molecular weight is 619 g/mol. The second-order valence-electron chi connectivity index (χ2n) is 10.4. The lowest BCUT2D eigenvalue weighted by Crippen LogP contribution is -2.52. The number of sulfonamides is 1. The van der Waals surface area contributed by atoms with Gasteiger partial charge in [-0.2, -0.15) is 18.2 Å². The van der Waals surface area contributed by atoms with Crippen LogP contribution in [0, 0.1) is 5.82 Å². The molecule has 2 heterocycles. The first-order chi connectivity index (χ1) is 19.7. The number of likely N-dealkylation sites (N-methyl/N-ethyl adjacent to an activating group) is 2. The zero-order valence-corrected chi connectivity index (χ0v) is 24.4. The quantitative estimate of drug-likeness (QED) is 0.360. The van der Waals surface area contributed by atoms with E-state index in [-0.39, 0.29) is 22.9 Å². The molecule has 12 nitrogen and oxygen atoms in total. The molecule has 1 saturated carbocycles. The van der Waals surface area contributed by atoms with Crippen LogP contribution in [-0.2, 0) is 16.2 Å². The molecule has 42 heavy (non-hydrogen) atoms. The van der Waals surface area contributed by atoms with Gasteiger partial charge in [0, 0.05) is 57.6 Å². The highest BCUT2D eigenvalue weighted by atomic mass is 32.2. The molecule has 2 atom stereocenters. The number of benzene rings is 1. The van der Waals surface area contributed by atoms with Crippen molar-refractivity contribution in [3.05, 3.63) is 35.3 Å². The van der Waals surface area contributed by atoms with E-state index in [4.69, 9.17) is 4.74 Å². The Morgan fingerprint density at radius 2 is 1.86 bits per heavy atom. The van der Waals surface area contributed by atoms with Crippen LogP contribution in [0.25, 0.3) is 0 Å². The van der Waals surface area contributed by atoms with Crippen molar-refractivity contribution in [3.8, 4) is 5.75 Å². The third-order valence-corrected chi connectivity index (χ3v) is 8.75. The van der Waals surface area contributed by atoms with Gasteiger partial charge in [0.2, 0.25) is 16.0 Å². The molecule has 0 unspecified atom stereocenters. The van der Waals surface area contributed by atoms with Gasteiger partial charge in [-0.1, -0.05) is 0 Å². The van der Waals surface area contributed by atoms with Crippen molar-refractivity contribution in [1.82, 2.24) is 29.6 Å². The Balaban J connectivity index is 1.58. The number of halogens is 4. The third-order valence-electron chi connectivity index (χ3n) is 7.43. The summed E-state index contributed by atoms with van der Waals surface area (Å²) in [6.07, 6.45) is -1.70. The van der Waals surface area contributed by atoms with Gasteiger partial charge >= 0.3 is 6.18 Å². The number of carbonyl (C=O) groups excluding carboxylic acids is 1. The number of alkyl halides is 3. The van der Waals surface area contributed by atoms with Gasteiger partial charge in [-0.3, -0.25) is 10.2 Å². The maximum Gasteiger partial charge on any atom is 0.421 e. The summed E-state index contributed by atoms with van der Waals surface area (Å²) in [7, 11) is 1.04. The molecule has 17 heteroatoms. The second kappa shape index (κ2) is 12.5. The highest BCUT2D eigenvalue weighted by molar-refractivity contribution is 7.88. The monoisotopic (exact) mass is 618 g/mol. The van der Waals surface area contributed by atoms with Crippen molar-refractivity contribution >= 4 is 33.4 Å². The molecular weight excluding hydrogens is 584 g/mol. The molecule has 1 amide bonds. The molecule has 232 valence electrons. The second-order valence-corrected chi connectivity index (χ2v) is 12.4. The zero-order valence-electron chi connectivity index (χ0n) is 23.6. The Hall–Kier alpha value is -3.28. The van der Waals surface area contributed by atoms with Crippen LogP contribution in [0.3, 0.4) is 0 Å².